The van der Waals surface area contributed by atoms with Crippen molar-refractivity contribution >= 4 is 5.97 Å². The second-order valence-electron chi connectivity index (χ2n) is 2.01. The molecule has 52 valence electrons. The highest BCUT2D eigenvalue weighted by molar-refractivity contribution is 5.66. The monoisotopic (exact) mass is 131 g/mol. The van der Waals surface area contributed by atoms with Crippen LogP contribution in [0, 0.1) is 0 Å². The molecule has 4 nitrogen and oxygen atoms in total. The number of β-amino-alcohol motifs (C(OH)–C–C–N with tert-alkyl or cyclic N) is 1. The predicted molar refractivity (Wildman–Crippen MR) is 29.6 cm³/mol. The van der Waals surface area contributed by atoms with Crippen LogP contribution in [-0.2, 0) is 9.53 Å². The Balaban J connectivity index is 2.21. The van der Waals surface area contributed by atoms with E-state index in [9.17, 15) is 4.79 Å². The normalized spacial score (nSPS) is 33.1. The SMILES string of the molecule is CC(=O)OC1NCC1O. The summed E-state index contributed by atoms with van der Waals surface area (Å²) in [7, 11) is 0. The van der Waals surface area contributed by atoms with Crippen LogP contribution in [0.1, 0.15) is 6.92 Å². The van der Waals surface area contributed by atoms with Gasteiger partial charge in [-0.3, -0.25) is 10.1 Å². The van der Waals surface area contributed by atoms with Crippen LogP contribution in [0.3, 0.4) is 0 Å². The van der Waals surface area contributed by atoms with Crippen molar-refractivity contribution in [2.75, 3.05) is 6.54 Å². The summed E-state index contributed by atoms with van der Waals surface area (Å²) in [6.45, 7) is 1.82. The van der Waals surface area contributed by atoms with Crippen LogP contribution in [0.4, 0.5) is 0 Å². The minimum atomic E-state index is -0.520. The molecule has 0 radical (unpaired) electrons. The summed E-state index contributed by atoms with van der Waals surface area (Å²) in [5, 5.41) is 11.6. The molecule has 0 aliphatic carbocycles. The van der Waals surface area contributed by atoms with E-state index >= 15 is 0 Å². The Morgan fingerprint density at radius 1 is 1.89 bits per heavy atom. The molecule has 1 saturated heterocycles. The Morgan fingerprint density at radius 3 is 2.67 bits per heavy atom. The van der Waals surface area contributed by atoms with Crippen molar-refractivity contribution in [1.82, 2.24) is 5.32 Å². The van der Waals surface area contributed by atoms with Crippen molar-refractivity contribution < 1.29 is 14.6 Å². The Morgan fingerprint density at radius 2 is 2.56 bits per heavy atom. The van der Waals surface area contributed by atoms with Crippen molar-refractivity contribution in [1.29, 1.82) is 0 Å². The molecule has 0 aromatic rings. The number of carbonyl (C=O) groups excluding carboxylic acids is 1. The van der Waals surface area contributed by atoms with Crippen LogP contribution in [-0.4, -0.2) is 30.0 Å². The number of aliphatic hydroxyl groups excluding tert-OH is 1. The van der Waals surface area contributed by atoms with Gasteiger partial charge in [-0.25, -0.2) is 0 Å². The van der Waals surface area contributed by atoms with Gasteiger partial charge in [0, 0.05) is 13.5 Å². The number of carbonyl (C=O) groups is 1. The van der Waals surface area contributed by atoms with Crippen molar-refractivity contribution in [3.8, 4) is 0 Å². The fourth-order valence-electron chi connectivity index (χ4n) is 0.618. The van der Waals surface area contributed by atoms with Gasteiger partial charge in [0.2, 0.25) is 0 Å². The maximum atomic E-state index is 10.2. The first-order valence-corrected chi connectivity index (χ1v) is 2.79. The fraction of sp³-hybridized carbons (Fsp3) is 0.800. The van der Waals surface area contributed by atoms with E-state index in [0.29, 0.717) is 6.54 Å². The highest BCUT2D eigenvalue weighted by Gasteiger charge is 2.30. The zero-order valence-electron chi connectivity index (χ0n) is 5.13. The first-order chi connectivity index (χ1) is 4.20. The van der Waals surface area contributed by atoms with Crippen molar-refractivity contribution in [2.24, 2.45) is 0 Å². The van der Waals surface area contributed by atoms with Gasteiger partial charge < -0.3 is 9.84 Å². The molecule has 1 aliphatic rings. The Kier molecular flexibility index (Phi) is 1.68. The maximum absolute atomic E-state index is 10.2. The maximum Gasteiger partial charge on any atom is 0.304 e. The lowest BCUT2D eigenvalue weighted by atomic mass is 10.2. The van der Waals surface area contributed by atoms with E-state index in [4.69, 9.17) is 5.11 Å². The molecule has 0 aromatic heterocycles. The fourth-order valence-corrected chi connectivity index (χ4v) is 0.618. The Hall–Kier alpha value is -0.610. The minimum absolute atomic E-state index is 0.369. The summed E-state index contributed by atoms with van der Waals surface area (Å²) >= 11 is 0. The number of ether oxygens (including phenoxy) is 1. The van der Waals surface area contributed by atoms with Gasteiger partial charge in [-0.1, -0.05) is 0 Å². The average molecular weight is 131 g/mol. The van der Waals surface area contributed by atoms with Gasteiger partial charge >= 0.3 is 5.97 Å². The lowest BCUT2D eigenvalue weighted by Crippen LogP contribution is -2.59. The molecule has 1 fully saturated rings. The topological polar surface area (TPSA) is 58.6 Å². The van der Waals surface area contributed by atoms with Gasteiger partial charge in [0.1, 0.15) is 6.10 Å². The molecule has 1 rings (SSSR count). The van der Waals surface area contributed by atoms with Crippen LogP contribution in [0.5, 0.6) is 0 Å². The molecule has 1 heterocycles. The third kappa shape index (κ3) is 1.40. The second kappa shape index (κ2) is 2.33. The molecule has 9 heavy (non-hydrogen) atoms. The molecule has 0 saturated carbocycles. The molecule has 0 bridgehead atoms. The van der Waals surface area contributed by atoms with Gasteiger partial charge in [-0.2, -0.15) is 0 Å². The molecule has 2 unspecified atom stereocenters. The summed E-state index contributed by atoms with van der Waals surface area (Å²) < 4.78 is 4.60. The van der Waals surface area contributed by atoms with E-state index in [1.807, 2.05) is 0 Å². The second-order valence-corrected chi connectivity index (χ2v) is 2.01. The molecule has 0 aromatic carbocycles. The summed E-state index contributed by atoms with van der Waals surface area (Å²) in [5.41, 5.74) is 0. The van der Waals surface area contributed by atoms with Gasteiger partial charge in [0.05, 0.1) is 0 Å². The molecule has 1 aliphatic heterocycles. The average Bonchev–Trinajstić information content (AvgIpc) is 1.79. The predicted octanol–water partition coefficient (Wildman–Crippen LogP) is -1.16. The first kappa shape index (κ1) is 6.51. The zero-order chi connectivity index (χ0) is 6.85. The summed E-state index contributed by atoms with van der Waals surface area (Å²) in [6, 6.07) is 0. The first-order valence-electron chi connectivity index (χ1n) is 2.79. The molecule has 2 atom stereocenters. The van der Waals surface area contributed by atoms with Crippen LogP contribution in [0.15, 0.2) is 0 Å². The highest BCUT2D eigenvalue weighted by atomic mass is 16.6. The summed E-state index contributed by atoms with van der Waals surface area (Å²) in [6.07, 6.45) is -0.989. The number of esters is 1. The van der Waals surface area contributed by atoms with E-state index < -0.39 is 12.3 Å². The molecular weight excluding hydrogens is 122 g/mol. The number of rotatable bonds is 1. The van der Waals surface area contributed by atoms with Crippen molar-refractivity contribution in [3.63, 3.8) is 0 Å². The van der Waals surface area contributed by atoms with Gasteiger partial charge in [-0.15, -0.1) is 0 Å². The highest BCUT2D eigenvalue weighted by Crippen LogP contribution is 2.04. The van der Waals surface area contributed by atoms with Crippen LogP contribution in [0.2, 0.25) is 0 Å². The van der Waals surface area contributed by atoms with Crippen molar-refractivity contribution in [3.05, 3.63) is 0 Å². The smallest absolute Gasteiger partial charge is 0.304 e. The summed E-state index contributed by atoms with van der Waals surface area (Å²) in [5.74, 6) is -0.369. The number of nitrogens with one attached hydrogen (secondary N) is 1. The van der Waals surface area contributed by atoms with Crippen LogP contribution >= 0.6 is 0 Å². The Bertz CT molecular complexity index is 125. The Labute approximate surface area is 52.8 Å². The lowest BCUT2D eigenvalue weighted by Gasteiger charge is -2.32. The lowest BCUT2D eigenvalue weighted by molar-refractivity contribution is -0.164. The number of hydrogen-bond acceptors (Lipinski definition) is 4. The van der Waals surface area contributed by atoms with E-state index in [1.54, 1.807) is 0 Å². The molecule has 0 amide bonds. The molecular formula is C5H9NO3. The van der Waals surface area contributed by atoms with Gasteiger partial charge in [0.25, 0.3) is 0 Å². The number of hydrogen-bond donors (Lipinski definition) is 2. The van der Waals surface area contributed by atoms with Gasteiger partial charge in [-0.05, 0) is 0 Å². The molecule has 0 spiro atoms. The van der Waals surface area contributed by atoms with Crippen LogP contribution in [0.25, 0.3) is 0 Å². The minimum Gasteiger partial charge on any atom is -0.444 e. The van der Waals surface area contributed by atoms with Crippen molar-refractivity contribution in [2.45, 2.75) is 19.3 Å². The van der Waals surface area contributed by atoms with E-state index in [0.717, 1.165) is 0 Å². The van der Waals surface area contributed by atoms with E-state index in [1.165, 1.54) is 6.92 Å². The standard InChI is InChI=1S/C5H9NO3/c1-3(7)9-5-4(8)2-6-5/h4-6,8H,2H2,1H3. The molecule has 4 heteroatoms. The largest absolute Gasteiger partial charge is 0.444 e. The number of aliphatic hydroxyl groups is 1. The quantitative estimate of drug-likeness (QED) is 0.441. The molecule has 2 N–H and O–H groups in total. The van der Waals surface area contributed by atoms with E-state index in [-0.39, 0.29) is 5.97 Å². The van der Waals surface area contributed by atoms with Gasteiger partial charge in [0.15, 0.2) is 6.23 Å². The zero-order valence-corrected chi connectivity index (χ0v) is 5.13. The third-order valence-corrected chi connectivity index (χ3v) is 1.17. The van der Waals surface area contributed by atoms with Crippen LogP contribution < -0.4 is 5.32 Å². The summed E-state index contributed by atoms with van der Waals surface area (Å²) in [4.78, 5) is 10.2. The third-order valence-electron chi connectivity index (χ3n) is 1.17. The van der Waals surface area contributed by atoms with E-state index in [2.05, 4.69) is 10.1 Å².